The summed E-state index contributed by atoms with van der Waals surface area (Å²) in [5.74, 6) is -0.327. The number of nitrogens with zero attached hydrogens (tertiary/aromatic N) is 1. The largest absolute Gasteiger partial charge is 0.388 e. The molecule has 0 unspecified atom stereocenters. The molecule has 128 valence electrons. The Morgan fingerprint density at radius 2 is 2.00 bits per heavy atom. The Morgan fingerprint density at radius 1 is 1.30 bits per heavy atom. The Balaban J connectivity index is 1.73. The van der Waals surface area contributed by atoms with Crippen molar-refractivity contribution in [2.45, 2.75) is 31.1 Å². The standard InChI is InChI=1S/C15H22N2O6/c1-17(15-14(21)13(20)11(18)8-22-15)23-9-12(19)16-7-10-5-3-2-4-6-10/h2-6,11,13-15,18,20-21H,7-9H2,1H3,(H,16,19)/t11-,13+,14-,15-/m1/s1. The molecule has 1 fully saturated rings. The van der Waals surface area contributed by atoms with Crippen molar-refractivity contribution in [2.75, 3.05) is 20.3 Å². The van der Waals surface area contributed by atoms with Gasteiger partial charge in [0.25, 0.3) is 0 Å². The molecule has 1 aromatic rings. The minimum absolute atomic E-state index is 0.128. The predicted molar refractivity (Wildman–Crippen MR) is 79.8 cm³/mol. The zero-order valence-corrected chi connectivity index (χ0v) is 12.8. The van der Waals surface area contributed by atoms with Gasteiger partial charge in [-0.2, -0.15) is 5.06 Å². The number of nitrogens with one attached hydrogen (secondary N) is 1. The van der Waals surface area contributed by atoms with Gasteiger partial charge in [-0.25, -0.2) is 0 Å². The summed E-state index contributed by atoms with van der Waals surface area (Å²) in [4.78, 5) is 17.0. The van der Waals surface area contributed by atoms with Crippen LogP contribution in [0, 0.1) is 0 Å². The van der Waals surface area contributed by atoms with Crippen LogP contribution in [0.3, 0.4) is 0 Å². The monoisotopic (exact) mass is 326 g/mol. The van der Waals surface area contributed by atoms with E-state index < -0.39 is 24.5 Å². The first-order valence-corrected chi connectivity index (χ1v) is 7.31. The lowest BCUT2D eigenvalue weighted by Gasteiger charge is -2.38. The van der Waals surface area contributed by atoms with Gasteiger partial charge in [0, 0.05) is 13.6 Å². The Kier molecular flexibility index (Phi) is 6.46. The van der Waals surface area contributed by atoms with Crippen molar-refractivity contribution in [3.8, 4) is 0 Å². The van der Waals surface area contributed by atoms with Gasteiger partial charge in [0.05, 0.1) is 6.61 Å². The maximum absolute atomic E-state index is 11.7. The van der Waals surface area contributed by atoms with Crippen molar-refractivity contribution < 1.29 is 29.7 Å². The molecule has 1 aliphatic rings. The van der Waals surface area contributed by atoms with Crippen LogP contribution in [0.25, 0.3) is 0 Å². The highest BCUT2D eigenvalue weighted by atomic mass is 16.7. The highest BCUT2D eigenvalue weighted by Gasteiger charge is 2.40. The van der Waals surface area contributed by atoms with Gasteiger partial charge in [-0.05, 0) is 5.56 Å². The first kappa shape index (κ1) is 17.8. The molecule has 0 saturated carbocycles. The Bertz CT molecular complexity index is 500. The average molecular weight is 326 g/mol. The topological polar surface area (TPSA) is 111 Å². The number of hydrogen-bond donors (Lipinski definition) is 4. The molecule has 1 aromatic carbocycles. The summed E-state index contributed by atoms with van der Waals surface area (Å²) in [6.45, 7) is 0.00552. The molecule has 1 aliphatic heterocycles. The number of hydrogen-bond acceptors (Lipinski definition) is 7. The number of rotatable bonds is 6. The molecule has 1 saturated heterocycles. The quantitative estimate of drug-likeness (QED) is 0.476. The second kappa shape index (κ2) is 8.34. The van der Waals surface area contributed by atoms with Crippen molar-refractivity contribution in [2.24, 2.45) is 0 Å². The number of carbonyl (C=O) groups excluding carboxylic acids is 1. The lowest BCUT2D eigenvalue weighted by Crippen LogP contribution is -2.58. The van der Waals surface area contributed by atoms with Crippen molar-refractivity contribution in [1.82, 2.24) is 10.4 Å². The summed E-state index contributed by atoms with van der Waals surface area (Å²) in [5.41, 5.74) is 0.970. The second-order valence-electron chi connectivity index (χ2n) is 5.35. The van der Waals surface area contributed by atoms with Crippen LogP contribution >= 0.6 is 0 Å². The summed E-state index contributed by atoms with van der Waals surface area (Å²) in [7, 11) is 1.47. The number of carbonyl (C=O) groups is 1. The summed E-state index contributed by atoms with van der Waals surface area (Å²) >= 11 is 0. The third-order valence-corrected chi connectivity index (χ3v) is 3.56. The van der Waals surface area contributed by atoms with Gasteiger partial charge in [-0.15, -0.1) is 0 Å². The smallest absolute Gasteiger partial charge is 0.248 e. The van der Waals surface area contributed by atoms with E-state index in [1.54, 1.807) is 0 Å². The number of amides is 1. The fourth-order valence-corrected chi connectivity index (χ4v) is 2.19. The van der Waals surface area contributed by atoms with Crippen LogP contribution in [0.5, 0.6) is 0 Å². The Morgan fingerprint density at radius 3 is 2.70 bits per heavy atom. The number of benzene rings is 1. The van der Waals surface area contributed by atoms with E-state index in [-0.39, 0.29) is 19.1 Å². The number of aliphatic hydroxyl groups is 3. The van der Waals surface area contributed by atoms with Crippen LogP contribution < -0.4 is 5.32 Å². The zero-order chi connectivity index (χ0) is 16.8. The molecule has 0 aromatic heterocycles. The number of hydroxylamine groups is 2. The SMILES string of the molecule is CN(OCC(=O)NCc1ccccc1)[C@@H]1OC[C@@H](O)[C@H](O)[C@H]1O. The average Bonchev–Trinajstić information content (AvgIpc) is 2.57. The van der Waals surface area contributed by atoms with Gasteiger partial charge in [0.2, 0.25) is 5.91 Å². The Hall–Kier alpha value is -1.55. The second-order valence-corrected chi connectivity index (χ2v) is 5.35. The molecule has 4 N–H and O–H groups in total. The van der Waals surface area contributed by atoms with Crippen LogP contribution in [-0.4, -0.2) is 71.1 Å². The molecular weight excluding hydrogens is 304 g/mol. The maximum Gasteiger partial charge on any atom is 0.248 e. The lowest BCUT2D eigenvalue weighted by molar-refractivity contribution is -0.302. The highest BCUT2D eigenvalue weighted by Crippen LogP contribution is 2.17. The normalized spacial score (nSPS) is 27.9. The van der Waals surface area contributed by atoms with E-state index in [0.717, 1.165) is 10.6 Å². The third kappa shape index (κ3) is 4.96. The molecule has 1 heterocycles. The van der Waals surface area contributed by atoms with Crippen LogP contribution in [-0.2, 0) is 20.9 Å². The molecule has 8 heteroatoms. The molecule has 0 spiro atoms. The van der Waals surface area contributed by atoms with Crippen LogP contribution in [0.2, 0.25) is 0 Å². The fraction of sp³-hybridized carbons (Fsp3) is 0.533. The van der Waals surface area contributed by atoms with Gasteiger partial charge in [-0.1, -0.05) is 30.3 Å². The van der Waals surface area contributed by atoms with Crippen LogP contribution in [0.1, 0.15) is 5.56 Å². The van der Waals surface area contributed by atoms with E-state index in [1.165, 1.54) is 7.05 Å². The third-order valence-electron chi connectivity index (χ3n) is 3.56. The Labute approximate surface area is 134 Å². The molecule has 0 aliphatic carbocycles. The van der Waals surface area contributed by atoms with Gasteiger partial charge in [0.15, 0.2) is 6.23 Å². The van der Waals surface area contributed by atoms with E-state index >= 15 is 0 Å². The number of aliphatic hydroxyl groups excluding tert-OH is 3. The van der Waals surface area contributed by atoms with Gasteiger partial charge in [-0.3, -0.25) is 9.63 Å². The van der Waals surface area contributed by atoms with E-state index in [4.69, 9.17) is 9.57 Å². The molecular formula is C15H22N2O6. The molecule has 2 rings (SSSR count). The van der Waals surface area contributed by atoms with E-state index in [1.807, 2.05) is 30.3 Å². The molecule has 23 heavy (non-hydrogen) atoms. The maximum atomic E-state index is 11.7. The van der Waals surface area contributed by atoms with Crippen molar-refractivity contribution in [1.29, 1.82) is 0 Å². The van der Waals surface area contributed by atoms with Crippen LogP contribution in [0.4, 0.5) is 0 Å². The first-order chi connectivity index (χ1) is 11.0. The van der Waals surface area contributed by atoms with E-state index in [2.05, 4.69) is 5.32 Å². The molecule has 0 radical (unpaired) electrons. The van der Waals surface area contributed by atoms with Gasteiger partial charge in [0.1, 0.15) is 24.9 Å². The fourth-order valence-electron chi connectivity index (χ4n) is 2.19. The van der Waals surface area contributed by atoms with Crippen molar-refractivity contribution in [3.63, 3.8) is 0 Å². The summed E-state index contributed by atoms with van der Waals surface area (Å²) in [5, 5.41) is 32.7. The molecule has 8 nitrogen and oxygen atoms in total. The number of ether oxygens (including phenoxy) is 1. The summed E-state index contributed by atoms with van der Waals surface area (Å²) in [6.07, 6.45) is -4.78. The minimum atomic E-state index is -1.34. The molecule has 1 amide bonds. The first-order valence-electron chi connectivity index (χ1n) is 7.31. The lowest BCUT2D eigenvalue weighted by atomic mass is 10.0. The molecule has 4 atom stereocenters. The van der Waals surface area contributed by atoms with E-state index in [9.17, 15) is 20.1 Å². The van der Waals surface area contributed by atoms with E-state index in [0.29, 0.717) is 6.54 Å². The summed E-state index contributed by atoms with van der Waals surface area (Å²) < 4.78 is 5.21. The van der Waals surface area contributed by atoms with Gasteiger partial charge < -0.3 is 25.4 Å². The summed E-state index contributed by atoms with van der Waals surface area (Å²) in [6, 6.07) is 9.45. The van der Waals surface area contributed by atoms with Crippen molar-refractivity contribution in [3.05, 3.63) is 35.9 Å². The predicted octanol–water partition coefficient (Wildman–Crippen LogP) is -1.39. The molecule has 0 bridgehead atoms. The van der Waals surface area contributed by atoms with Gasteiger partial charge >= 0.3 is 0 Å². The van der Waals surface area contributed by atoms with Crippen molar-refractivity contribution >= 4 is 5.91 Å². The van der Waals surface area contributed by atoms with Crippen LogP contribution in [0.15, 0.2) is 30.3 Å². The highest BCUT2D eigenvalue weighted by molar-refractivity contribution is 5.77. The number of likely N-dealkylation sites (N-methyl/N-ethyl adjacent to an activating group) is 1. The minimum Gasteiger partial charge on any atom is -0.388 e. The zero-order valence-electron chi connectivity index (χ0n) is 12.8.